The zero-order valence-corrected chi connectivity index (χ0v) is 13.7. The minimum atomic E-state index is 0.150. The van der Waals surface area contributed by atoms with Crippen LogP contribution >= 0.6 is 0 Å². The van der Waals surface area contributed by atoms with E-state index in [1.54, 1.807) is 0 Å². The van der Waals surface area contributed by atoms with Crippen LogP contribution in [0.2, 0.25) is 0 Å². The molecule has 3 aliphatic rings. The molecule has 2 aromatic heterocycles. The van der Waals surface area contributed by atoms with E-state index in [9.17, 15) is 4.79 Å². The molecule has 1 saturated carbocycles. The Morgan fingerprint density at radius 1 is 1.12 bits per heavy atom. The lowest BCUT2D eigenvalue weighted by atomic mass is 10.0. The number of aromatic nitrogens is 3. The van der Waals surface area contributed by atoms with E-state index in [4.69, 9.17) is 5.73 Å². The van der Waals surface area contributed by atoms with E-state index in [1.165, 1.54) is 16.7 Å². The molecule has 0 atom stereocenters. The molecule has 0 unspecified atom stereocenters. The van der Waals surface area contributed by atoms with Gasteiger partial charge in [-0.2, -0.15) is 4.98 Å². The van der Waals surface area contributed by atoms with Gasteiger partial charge in [-0.25, -0.2) is 4.98 Å². The van der Waals surface area contributed by atoms with E-state index in [2.05, 4.69) is 21.1 Å². The van der Waals surface area contributed by atoms with Crippen molar-refractivity contribution in [1.29, 1.82) is 0 Å². The molecule has 0 radical (unpaired) electrons. The number of nitrogens with zero attached hydrogens (tertiary/aromatic N) is 4. The van der Waals surface area contributed by atoms with E-state index in [-0.39, 0.29) is 5.56 Å². The molecule has 0 aromatic carbocycles. The number of nitrogens with two attached hydrogens (primary N) is 1. The Bertz CT molecular complexity index is 884. The highest BCUT2D eigenvalue weighted by Gasteiger charge is 2.28. The van der Waals surface area contributed by atoms with Crippen LogP contribution in [0.4, 0.5) is 11.8 Å². The van der Waals surface area contributed by atoms with E-state index in [0.29, 0.717) is 12.0 Å². The average Bonchev–Trinajstić information content (AvgIpc) is 3.31. The second kappa shape index (κ2) is 5.06. The van der Waals surface area contributed by atoms with Gasteiger partial charge in [0.15, 0.2) is 0 Å². The number of hydrogen-bond donors (Lipinski definition) is 1. The molecule has 3 heterocycles. The fourth-order valence-electron chi connectivity index (χ4n) is 4.06. The van der Waals surface area contributed by atoms with Crippen molar-refractivity contribution >= 4 is 11.8 Å². The number of nitrogen functional groups attached to an aromatic ring is 1. The van der Waals surface area contributed by atoms with Crippen molar-refractivity contribution < 1.29 is 0 Å². The molecule has 1 aliphatic heterocycles. The Morgan fingerprint density at radius 2 is 2.00 bits per heavy atom. The predicted octanol–water partition coefficient (Wildman–Crippen LogP) is 1.61. The zero-order valence-electron chi connectivity index (χ0n) is 13.7. The van der Waals surface area contributed by atoms with Gasteiger partial charge < -0.3 is 15.2 Å². The third-order valence-electron chi connectivity index (χ3n) is 5.44. The van der Waals surface area contributed by atoms with Crippen LogP contribution in [0.1, 0.15) is 47.7 Å². The first-order chi connectivity index (χ1) is 11.7. The van der Waals surface area contributed by atoms with Crippen molar-refractivity contribution in [3.8, 4) is 0 Å². The Kier molecular flexibility index (Phi) is 2.96. The average molecular weight is 323 g/mol. The van der Waals surface area contributed by atoms with E-state index < -0.39 is 0 Å². The highest BCUT2D eigenvalue weighted by Crippen LogP contribution is 2.35. The van der Waals surface area contributed by atoms with Gasteiger partial charge in [0.05, 0.1) is 5.69 Å². The molecule has 2 N–H and O–H groups in total. The summed E-state index contributed by atoms with van der Waals surface area (Å²) in [6.07, 6.45) is 8.38. The normalized spacial score (nSPS) is 19.2. The van der Waals surface area contributed by atoms with Gasteiger partial charge in [0.2, 0.25) is 5.95 Å². The lowest BCUT2D eigenvalue weighted by Crippen LogP contribution is -2.34. The number of aryl methyl sites for hydroxylation is 1. The van der Waals surface area contributed by atoms with Gasteiger partial charge in [0.25, 0.3) is 5.56 Å². The summed E-state index contributed by atoms with van der Waals surface area (Å²) in [5, 5.41) is 0. The second-order valence-corrected chi connectivity index (χ2v) is 7.16. The fourth-order valence-corrected chi connectivity index (χ4v) is 4.06. The van der Waals surface area contributed by atoms with E-state index in [1.807, 2.05) is 10.6 Å². The summed E-state index contributed by atoms with van der Waals surface area (Å²) in [5.41, 5.74) is 10.9. The predicted molar refractivity (Wildman–Crippen MR) is 92.2 cm³/mol. The van der Waals surface area contributed by atoms with Crippen LogP contribution in [-0.4, -0.2) is 21.1 Å². The standard InChI is InChI=1S/C18H21N5O/c19-18-20-15-3-1-2-14(15)17(21-18)22-7-6-11-8-16(24)23(13-4-5-13)10-12(11)9-22/h8,10,13H,1-7,9H2,(H2,19,20,21). The van der Waals surface area contributed by atoms with Crippen LogP contribution < -0.4 is 16.2 Å². The molecular weight excluding hydrogens is 302 g/mol. The van der Waals surface area contributed by atoms with Gasteiger partial charge in [-0.05, 0) is 49.7 Å². The summed E-state index contributed by atoms with van der Waals surface area (Å²) in [6.45, 7) is 1.67. The van der Waals surface area contributed by atoms with Gasteiger partial charge in [0, 0.05) is 37.0 Å². The first-order valence-electron chi connectivity index (χ1n) is 8.83. The molecular formula is C18H21N5O. The Hall–Kier alpha value is -2.37. The first-order valence-corrected chi connectivity index (χ1v) is 8.83. The molecule has 2 aliphatic carbocycles. The molecule has 0 amide bonds. The first kappa shape index (κ1) is 14.0. The summed E-state index contributed by atoms with van der Waals surface area (Å²) < 4.78 is 1.92. The molecule has 0 spiro atoms. The van der Waals surface area contributed by atoms with E-state index >= 15 is 0 Å². The number of rotatable bonds is 2. The third-order valence-corrected chi connectivity index (χ3v) is 5.44. The summed E-state index contributed by atoms with van der Waals surface area (Å²) in [5.74, 6) is 1.38. The Morgan fingerprint density at radius 3 is 2.83 bits per heavy atom. The Balaban J connectivity index is 1.53. The maximum atomic E-state index is 12.2. The SMILES string of the molecule is Nc1nc2c(c(N3CCc4cc(=O)n(C5CC5)cc4C3)n1)CCC2. The van der Waals surface area contributed by atoms with Gasteiger partial charge >= 0.3 is 0 Å². The topological polar surface area (TPSA) is 77.0 Å². The monoisotopic (exact) mass is 323 g/mol. The lowest BCUT2D eigenvalue weighted by Gasteiger charge is -2.31. The molecule has 0 saturated heterocycles. The number of hydrogen-bond acceptors (Lipinski definition) is 5. The molecule has 2 aromatic rings. The van der Waals surface area contributed by atoms with Crippen LogP contribution in [0, 0.1) is 0 Å². The highest BCUT2D eigenvalue weighted by molar-refractivity contribution is 5.55. The number of fused-ring (bicyclic) bond motifs is 2. The van der Waals surface area contributed by atoms with Gasteiger partial charge in [0.1, 0.15) is 5.82 Å². The van der Waals surface area contributed by atoms with Crippen LogP contribution in [0.3, 0.4) is 0 Å². The molecule has 24 heavy (non-hydrogen) atoms. The van der Waals surface area contributed by atoms with Crippen molar-refractivity contribution in [3.63, 3.8) is 0 Å². The number of pyridine rings is 1. The smallest absolute Gasteiger partial charge is 0.251 e. The van der Waals surface area contributed by atoms with Crippen LogP contribution in [-0.2, 0) is 25.8 Å². The maximum absolute atomic E-state index is 12.2. The molecule has 1 fully saturated rings. The molecule has 0 bridgehead atoms. The quantitative estimate of drug-likeness (QED) is 0.908. The maximum Gasteiger partial charge on any atom is 0.251 e. The van der Waals surface area contributed by atoms with Crippen molar-refractivity contribution in [2.24, 2.45) is 0 Å². The zero-order chi connectivity index (χ0) is 16.3. The van der Waals surface area contributed by atoms with Crippen molar-refractivity contribution in [3.05, 3.63) is 45.0 Å². The molecule has 124 valence electrons. The van der Waals surface area contributed by atoms with Crippen molar-refractivity contribution in [1.82, 2.24) is 14.5 Å². The largest absolute Gasteiger partial charge is 0.368 e. The summed E-state index contributed by atoms with van der Waals surface area (Å²) in [7, 11) is 0. The van der Waals surface area contributed by atoms with Gasteiger partial charge in [-0.1, -0.05) is 0 Å². The van der Waals surface area contributed by atoms with Crippen LogP contribution in [0.25, 0.3) is 0 Å². The minimum absolute atomic E-state index is 0.150. The Labute approximate surface area is 140 Å². The van der Waals surface area contributed by atoms with Crippen LogP contribution in [0.5, 0.6) is 0 Å². The minimum Gasteiger partial charge on any atom is -0.368 e. The molecule has 5 rings (SSSR count). The summed E-state index contributed by atoms with van der Waals surface area (Å²) >= 11 is 0. The summed E-state index contributed by atoms with van der Waals surface area (Å²) in [4.78, 5) is 23.5. The van der Waals surface area contributed by atoms with Crippen molar-refractivity contribution in [2.75, 3.05) is 17.2 Å². The molecule has 6 heteroatoms. The lowest BCUT2D eigenvalue weighted by molar-refractivity contribution is 0.658. The fraction of sp³-hybridized carbons (Fsp3) is 0.500. The number of anilines is 2. The molecule has 6 nitrogen and oxygen atoms in total. The van der Waals surface area contributed by atoms with Gasteiger partial charge in [-0.15, -0.1) is 0 Å². The van der Waals surface area contributed by atoms with Crippen LogP contribution in [0.15, 0.2) is 17.1 Å². The third kappa shape index (κ3) is 2.20. The summed E-state index contributed by atoms with van der Waals surface area (Å²) in [6, 6.07) is 2.25. The van der Waals surface area contributed by atoms with Crippen molar-refractivity contribution in [2.45, 2.75) is 51.1 Å². The van der Waals surface area contributed by atoms with E-state index in [0.717, 1.165) is 63.1 Å². The second-order valence-electron chi connectivity index (χ2n) is 7.16. The van der Waals surface area contributed by atoms with Gasteiger partial charge in [-0.3, -0.25) is 4.79 Å². The highest BCUT2D eigenvalue weighted by atomic mass is 16.1.